The van der Waals surface area contributed by atoms with Gasteiger partial charge in [-0.25, -0.2) is 0 Å². The lowest BCUT2D eigenvalue weighted by atomic mass is 9.85. The highest BCUT2D eigenvalue weighted by Gasteiger charge is 2.48. The van der Waals surface area contributed by atoms with Gasteiger partial charge in [-0.05, 0) is 44.0 Å². The van der Waals surface area contributed by atoms with Gasteiger partial charge in [-0.3, -0.25) is 19.3 Å². The number of ketones is 1. The zero-order chi connectivity index (χ0) is 15.1. The Balaban J connectivity index is 1.91. The molecule has 1 aromatic rings. The number of fused-ring (bicyclic) bond motifs is 1. The minimum atomic E-state index is -0.359. The van der Waals surface area contributed by atoms with Gasteiger partial charge < -0.3 is 0 Å². The van der Waals surface area contributed by atoms with Gasteiger partial charge in [-0.15, -0.1) is 0 Å². The molecule has 1 aliphatic carbocycles. The van der Waals surface area contributed by atoms with Crippen LogP contribution in [-0.2, 0) is 9.59 Å². The lowest BCUT2D eigenvalue weighted by Gasteiger charge is -2.17. The predicted octanol–water partition coefficient (Wildman–Crippen LogP) is 2.91. The fourth-order valence-corrected chi connectivity index (χ4v) is 3.18. The van der Waals surface area contributed by atoms with Gasteiger partial charge >= 0.3 is 0 Å². The number of benzene rings is 1. The van der Waals surface area contributed by atoms with Gasteiger partial charge in [0.15, 0.2) is 5.78 Å². The smallest absolute Gasteiger partial charge is 0.238 e. The van der Waals surface area contributed by atoms with Crippen molar-refractivity contribution >= 4 is 34.9 Å². The van der Waals surface area contributed by atoms with Gasteiger partial charge in [-0.2, -0.15) is 0 Å². The summed E-state index contributed by atoms with van der Waals surface area (Å²) in [6, 6.07) is 6.54. The van der Waals surface area contributed by atoms with Crippen LogP contribution < -0.4 is 4.90 Å². The number of carbonyl (C=O) groups excluding carboxylic acids is 3. The van der Waals surface area contributed by atoms with Crippen LogP contribution >= 0.6 is 11.6 Å². The number of nitrogens with zero attached hydrogens (tertiary/aromatic N) is 1. The zero-order valence-corrected chi connectivity index (χ0v) is 12.3. The Bertz CT molecular complexity index is 663. The van der Waals surface area contributed by atoms with E-state index in [-0.39, 0.29) is 29.4 Å². The standard InChI is InChI=1S/C16H14ClNO3/c1-9(19)10-2-5-12(6-3-10)18-15(20)13-7-4-11(17)8-14(13)16(18)21/h2-6,13-14H,7-8H2,1H3. The fraction of sp³-hybridized carbons (Fsp3) is 0.312. The Morgan fingerprint density at radius 1 is 1.14 bits per heavy atom. The van der Waals surface area contributed by atoms with Gasteiger partial charge in [0.25, 0.3) is 0 Å². The Morgan fingerprint density at radius 3 is 2.38 bits per heavy atom. The first-order chi connectivity index (χ1) is 9.99. The maximum absolute atomic E-state index is 12.5. The maximum atomic E-state index is 12.5. The number of anilines is 1. The van der Waals surface area contributed by atoms with Crippen molar-refractivity contribution in [3.05, 3.63) is 40.9 Å². The van der Waals surface area contributed by atoms with E-state index in [0.29, 0.717) is 29.1 Å². The van der Waals surface area contributed by atoms with Crippen molar-refractivity contribution in [2.45, 2.75) is 19.8 Å². The molecular formula is C16H14ClNO3. The molecule has 0 spiro atoms. The van der Waals surface area contributed by atoms with E-state index in [1.165, 1.54) is 11.8 Å². The number of imide groups is 1. The number of halogens is 1. The molecule has 2 unspecified atom stereocenters. The average molecular weight is 304 g/mol. The lowest BCUT2D eigenvalue weighted by molar-refractivity contribution is -0.122. The highest BCUT2D eigenvalue weighted by Crippen LogP contribution is 2.40. The Kier molecular flexibility index (Phi) is 3.41. The molecule has 0 saturated carbocycles. The number of rotatable bonds is 2. The molecule has 0 N–H and O–H groups in total. The van der Waals surface area contributed by atoms with Gasteiger partial charge in [0.1, 0.15) is 0 Å². The third-order valence-corrected chi connectivity index (χ3v) is 4.41. The van der Waals surface area contributed by atoms with E-state index in [4.69, 9.17) is 11.6 Å². The molecule has 0 radical (unpaired) electrons. The largest absolute Gasteiger partial charge is 0.295 e. The number of Topliss-reactive ketones (excluding diaryl/α,β-unsaturated/α-hetero) is 1. The Hall–Kier alpha value is -1.94. The molecule has 1 aliphatic heterocycles. The summed E-state index contributed by atoms with van der Waals surface area (Å²) in [6.45, 7) is 1.48. The molecule has 2 amide bonds. The molecule has 4 nitrogen and oxygen atoms in total. The van der Waals surface area contributed by atoms with Crippen LogP contribution in [0.25, 0.3) is 0 Å². The van der Waals surface area contributed by atoms with Crippen molar-refractivity contribution in [1.29, 1.82) is 0 Å². The van der Waals surface area contributed by atoms with E-state index >= 15 is 0 Å². The minimum Gasteiger partial charge on any atom is -0.295 e. The summed E-state index contributed by atoms with van der Waals surface area (Å²) >= 11 is 5.99. The zero-order valence-electron chi connectivity index (χ0n) is 11.5. The molecule has 1 heterocycles. The second-order valence-corrected chi connectivity index (χ2v) is 5.90. The summed E-state index contributed by atoms with van der Waals surface area (Å²) in [4.78, 5) is 37.4. The van der Waals surface area contributed by atoms with Gasteiger partial charge in [-0.1, -0.05) is 17.7 Å². The highest BCUT2D eigenvalue weighted by molar-refractivity contribution is 6.30. The summed E-state index contributed by atoms with van der Waals surface area (Å²) in [5, 5.41) is 0.645. The predicted molar refractivity (Wildman–Crippen MR) is 79.1 cm³/mol. The molecule has 1 aromatic carbocycles. The maximum Gasteiger partial charge on any atom is 0.238 e. The van der Waals surface area contributed by atoms with Crippen LogP contribution in [0.3, 0.4) is 0 Å². The normalized spacial score (nSPS) is 24.9. The quantitative estimate of drug-likeness (QED) is 0.623. The number of carbonyl (C=O) groups is 3. The van der Waals surface area contributed by atoms with E-state index in [9.17, 15) is 14.4 Å². The fourth-order valence-electron chi connectivity index (χ4n) is 2.93. The summed E-state index contributed by atoms with van der Waals surface area (Å²) < 4.78 is 0. The molecule has 1 fully saturated rings. The van der Waals surface area contributed by atoms with Crippen molar-refractivity contribution in [3.8, 4) is 0 Å². The summed E-state index contributed by atoms with van der Waals surface area (Å²) in [7, 11) is 0. The number of amides is 2. The molecule has 2 aliphatic rings. The van der Waals surface area contributed by atoms with Crippen molar-refractivity contribution in [2.24, 2.45) is 11.8 Å². The number of hydrogen-bond acceptors (Lipinski definition) is 3. The van der Waals surface area contributed by atoms with E-state index in [0.717, 1.165) is 0 Å². The number of hydrogen-bond donors (Lipinski definition) is 0. The Labute approximate surface area is 127 Å². The van der Waals surface area contributed by atoms with E-state index in [1.807, 2.05) is 6.08 Å². The van der Waals surface area contributed by atoms with Crippen LogP contribution in [0.15, 0.2) is 35.4 Å². The van der Waals surface area contributed by atoms with Crippen LogP contribution in [0.5, 0.6) is 0 Å². The lowest BCUT2D eigenvalue weighted by Crippen LogP contribution is -2.30. The minimum absolute atomic E-state index is 0.0507. The second-order valence-electron chi connectivity index (χ2n) is 5.42. The van der Waals surface area contributed by atoms with Crippen LogP contribution in [-0.4, -0.2) is 17.6 Å². The van der Waals surface area contributed by atoms with Gasteiger partial charge in [0.05, 0.1) is 17.5 Å². The second kappa shape index (κ2) is 5.11. The van der Waals surface area contributed by atoms with E-state index < -0.39 is 0 Å². The van der Waals surface area contributed by atoms with Crippen LogP contribution in [0.2, 0.25) is 0 Å². The first kappa shape index (κ1) is 14.0. The molecule has 0 aromatic heterocycles. The monoisotopic (exact) mass is 303 g/mol. The van der Waals surface area contributed by atoms with E-state index in [1.54, 1.807) is 24.3 Å². The van der Waals surface area contributed by atoms with Crippen LogP contribution in [0.1, 0.15) is 30.1 Å². The topological polar surface area (TPSA) is 54.5 Å². The molecule has 108 valence electrons. The molecule has 5 heteroatoms. The van der Waals surface area contributed by atoms with Crippen molar-refractivity contribution in [1.82, 2.24) is 0 Å². The van der Waals surface area contributed by atoms with Gasteiger partial charge in [0.2, 0.25) is 11.8 Å². The third kappa shape index (κ3) is 2.29. The van der Waals surface area contributed by atoms with Crippen LogP contribution in [0, 0.1) is 11.8 Å². The molecule has 2 atom stereocenters. The average Bonchev–Trinajstić information content (AvgIpc) is 2.70. The first-order valence-corrected chi connectivity index (χ1v) is 7.20. The summed E-state index contributed by atoms with van der Waals surface area (Å²) in [6.07, 6.45) is 2.76. The third-order valence-electron chi connectivity index (χ3n) is 4.10. The SMILES string of the molecule is CC(=O)c1ccc(N2C(=O)C3CC=C(Cl)CC3C2=O)cc1. The summed E-state index contributed by atoms with van der Waals surface area (Å²) in [5.41, 5.74) is 1.07. The van der Waals surface area contributed by atoms with Gasteiger partial charge in [0, 0.05) is 10.6 Å². The van der Waals surface area contributed by atoms with Crippen LogP contribution in [0.4, 0.5) is 5.69 Å². The molecule has 21 heavy (non-hydrogen) atoms. The van der Waals surface area contributed by atoms with Crippen molar-refractivity contribution < 1.29 is 14.4 Å². The Morgan fingerprint density at radius 2 is 1.76 bits per heavy atom. The van der Waals surface area contributed by atoms with E-state index in [2.05, 4.69) is 0 Å². The molecule has 3 rings (SSSR count). The first-order valence-electron chi connectivity index (χ1n) is 6.82. The number of allylic oxidation sites excluding steroid dienone is 2. The molecular weight excluding hydrogens is 290 g/mol. The molecule has 1 saturated heterocycles. The summed E-state index contributed by atoms with van der Waals surface area (Å²) in [5.74, 6) is -1.10. The van der Waals surface area contributed by atoms with Crippen molar-refractivity contribution in [3.63, 3.8) is 0 Å². The van der Waals surface area contributed by atoms with Crippen molar-refractivity contribution in [2.75, 3.05) is 4.90 Å². The molecule has 0 bridgehead atoms. The highest BCUT2D eigenvalue weighted by atomic mass is 35.5.